The third-order valence-electron chi connectivity index (χ3n) is 4.97. The van der Waals surface area contributed by atoms with Crippen molar-refractivity contribution in [2.75, 3.05) is 5.32 Å². The van der Waals surface area contributed by atoms with Crippen molar-refractivity contribution in [2.24, 2.45) is 11.5 Å². The number of non-ortho nitro benzene ring substituents is 1. The van der Waals surface area contributed by atoms with Gasteiger partial charge in [0.1, 0.15) is 0 Å². The summed E-state index contributed by atoms with van der Waals surface area (Å²) in [5.41, 5.74) is 16.2. The molecule has 8 heteroatoms. The highest BCUT2D eigenvalue weighted by molar-refractivity contribution is 6.03. The van der Waals surface area contributed by atoms with Crippen LogP contribution in [0.2, 0.25) is 0 Å². The lowest BCUT2D eigenvalue weighted by atomic mass is 9.86. The Hall–Kier alpha value is -4.20. The number of nitrogens with one attached hydrogen (secondary N) is 1. The molecule has 0 atom stereocenters. The lowest BCUT2D eigenvalue weighted by Gasteiger charge is -2.25. The predicted octanol–water partition coefficient (Wildman–Crippen LogP) is 3.11. The second kappa shape index (κ2) is 6.75. The highest BCUT2D eigenvalue weighted by Gasteiger charge is 2.24. The van der Waals surface area contributed by atoms with Crippen molar-refractivity contribution in [2.45, 2.75) is 6.42 Å². The average Bonchev–Trinajstić information content (AvgIpc) is 2.70. The van der Waals surface area contributed by atoms with Crippen LogP contribution in [0.15, 0.2) is 54.6 Å². The Morgan fingerprint density at radius 3 is 2.24 bits per heavy atom. The summed E-state index contributed by atoms with van der Waals surface area (Å²) in [7, 11) is 0. The summed E-state index contributed by atoms with van der Waals surface area (Å²) < 4.78 is 0. The van der Waals surface area contributed by atoms with Crippen LogP contribution in [0.1, 0.15) is 31.8 Å². The van der Waals surface area contributed by atoms with Gasteiger partial charge in [0, 0.05) is 41.1 Å². The van der Waals surface area contributed by atoms with E-state index in [-0.39, 0.29) is 5.69 Å². The zero-order chi connectivity index (χ0) is 20.7. The van der Waals surface area contributed by atoms with Crippen LogP contribution >= 0.6 is 0 Å². The number of rotatable bonds is 4. The molecule has 29 heavy (non-hydrogen) atoms. The maximum Gasteiger partial charge on any atom is 0.269 e. The van der Waals surface area contributed by atoms with Crippen LogP contribution < -0.4 is 16.8 Å². The molecule has 0 bridgehead atoms. The van der Waals surface area contributed by atoms with Gasteiger partial charge in [0.25, 0.3) is 5.69 Å². The van der Waals surface area contributed by atoms with Crippen molar-refractivity contribution in [3.05, 3.63) is 87.0 Å². The summed E-state index contributed by atoms with van der Waals surface area (Å²) in [6.07, 6.45) is 0.437. The number of hydrogen-bond acceptors (Lipinski definition) is 5. The molecule has 2 amide bonds. The molecule has 0 saturated carbocycles. The van der Waals surface area contributed by atoms with E-state index in [1.54, 1.807) is 42.5 Å². The van der Waals surface area contributed by atoms with Crippen molar-refractivity contribution in [3.63, 3.8) is 0 Å². The minimum absolute atomic E-state index is 0.0475. The summed E-state index contributed by atoms with van der Waals surface area (Å²) in [5.74, 6) is -1.13. The number of nitro groups is 1. The van der Waals surface area contributed by atoms with Crippen LogP contribution in [0.3, 0.4) is 0 Å². The molecule has 1 aliphatic rings. The number of nitro benzene ring substituents is 1. The first-order valence-corrected chi connectivity index (χ1v) is 8.75. The van der Waals surface area contributed by atoms with Crippen LogP contribution in [-0.2, 0) is 6.42 Å². The lowest BCUT2D eigenvalue weighted by molar-refractivity contribution is -0.384. The molecule has 0 aromatic heterocycles. The number of fused-ring (bicyclic) bond motifs is 2. The topological polar surface area (TPSA) is 141 Å². The Morgan fingerprint density at radius 1 is 0.931 bits per heavy atom. The zero-order valence-electron chi connectivity index (χ0n) is 15.1. The molecule has 0 radical (unpaired) electrons. The molecule has 4 rings (SSSR count). The number of hydrogen-bond donors (Lipinski definition) is 3. The SMILES string of the molecule is NC(=O)c1ccc2c(c1)Cc1c(ccc(C(N)=O)c1-c1ccc([N+](=O)[O-])cc1)N2. The average molecular weight is 388 g/mol. The second-order valence-corrected chi connectivity index (χ2v) is 6.72. The van der Waals surface area contributed by atoms with Gasteiger partial charge in [0.05, 0.1) is 4.92 Å². The fourth-order valence-corrected chi connectivity index (χ4v) is 3.58. The van der Waals surface area contributed by atoms with Crippen LogP contribution in [0.4, 0.5) is 17.1 Å². The van der Waals surface area contributed by atoms with Crippen LogP contribution in [-0.4, -0.2) is 16.7 Å². The molecule has 144 valence electrons. The van der Waals surface area contributed by atoms with Gasteiger partial charge in [-0.1, -0.05) is 0 Å². The number of carbonyl (C=O) groups is 2. The van der Waals surface area contributed by atoms with E-state index in [1.165, 1.54) is 12.1 Å². The fourth-order valence-electron chi connectivity index (χ4n) is 3.58. The minimum atomic E-state index is -0.599. The van der Waals surface area contributed by atoms with Crippen molar-refractivity contribution in [1.82, 2.24) is 0 Å². The van der Waals surface area contributed by atoms with E-state index >= 15 is 0 Å². The molecule has 0 aliphatic carbocycles. The first-order chi connectivity index (χ1) is 13.8. The summed E-state index contributed by atoms with van der Waals surface area (Å²) in [6.45, 7) is 0. The van der Waals surface area contributed by atoms with E-state index in [2.05, 4.69) is 5.32 Å². The maximum absolute atomic E-state index is 12.1. The van der Waals surface area contributed by atoms with Crippen LogP contribution in [0.25, 0.3) is 11.1 Å². The van der Waals surface area contributed by atoms with Crippen molar-refractivity contribution in [1.29, 1.82) is 0 Å². The Kier molecular flexibility index (Phi) is 4.23. The molecule has 5 N–H and O–H groups in total. The normalized spacial score (nSPS) is 11.7. The van der Waals surface area contributed by atoms with Gasteiger partial charge in [-0.15, -0.1) is 0 Å². The predicted molar refractivity (Wildman–Crippen MR) is 108 cm³/mol. The third-order valence-corrected chi connectivity index (χ3v) is 4.97. The number of amides is 2. The van der Waals surface area contributed by atoms with Crippen LogP contribution in [0, 0.1) is 10.1 Å². The summed E-state index contributed by atoms with van der Waals surface area (Å²) in [4.78, 5) is 34.1. The molecule has 0 saturated heterocycles. The number of benzene rings is 3. The Balaban J connectivity index is 1.88. The van der Waals surface area contributed by atoms with Gasteiger partial charge in [-0.2, -0.15) is 0 Å². The Morgan fingerprint density at radius 2 is 1.62 bits per heavy atom. The first-order valence-electron chi connectivity index (χ1n) is 8.75. The van der Waals surface area contributed by atoms with Crippen molar-refractivity contribution in [3.8, 4) is 11.1 Å². The van der Waals surface area contributed by atoms with Gasteiger partial charge in [-0.05, 0) is 64.7 Å². The minimum Gasteiger partial charge on any atom is -0.366 e. The molecule has 1 heterocycles. The standard InChI is InChI=1S/C21H16N4O4/c22-20(26)12-3-7-17-13(9-12)10-16-18(24-17)8-6-15(21(23)27)19(16)11-1-4-14(5-2-11)25(28)29/h1-9,24H,10H2,(H2,22,26)(H2,23,27). The molecule has 0 spiro atoms. The largest absolute Gasteiger partial charge is 0.366 e. The molecule has 0 unspecified atom stereocenters. The number of nitrogens with zero attached hydrogens (tertiary/aromatic N) is 1. The molecule has 8 nitrogen and oxygen atoms in total. The summed E-state index contributed by atoms with van der Waals surface area (Å²) >= 11 is 0. The van der Waals surface area contributed by atoms with E-state index in [0.717, 1.165) is 22.5 Å². The quantitative estimate of drug-likeness (QED) is 0.364. The smallest absolute Gasteiger partial charge is 0.269 e. The van der Waals surface area contributed by atoms with Gasteiger partial charge in [0.15, 0.2) is 0 Å². The Bertz CT molecular complexity index is 1190. The number of primary amides is 2. The van der Waals surface area contributed by atoms with Gasteiger partial charge in [0.2, 0.25) is 11.8 Å². The van der Waals surface area contributed by atoms with Crippen molar-refractivity contribution < 1.29 is 14.5 Å². The summed E-state index contributed by atoms with van der Waals surface area (Å²) in [5, 5.41) is 14.3. The summed E-state index contributed by atoms with van der Waals surface area (Å²) in [6, 6.07) is 14.5. The van der Waals surface area contributed by atoms with E-state index in [9.17, 15) is 19.7 Å². The van der Waals surface area contributed by atoms with Crippen LogP contribution in [0.5, 0.6) is 0 Å². The second-order valence-electron chi connectivity index (χ2n) is 6.72. The van der Waals surface area contributed by atoms with Gasteiger partial charge < -0.3 is 16.8 Å². The van der Waals surface area contributed by atoms with Gasteiger partial charge >= 0.3 is 0 Å². The molecular weight excluding hydrogens is 372 g/mol. The monoisotopic (exact) mass is 388 g/mol. The van der Waals surface area contributed by atoms with Gasteiger partial charge in [-0.3, -0.25) is 19.7 Å². The van der Waals surface area contributed by atoms with E-state index in [1.807, 2.05) is 0 Å². The van der Waals surface area contributed by atoms with Gasteiger partial charge in [-0.25, -0.2) is 0 Å². The van der Waals surface area contributed by atoms with E-state index < -0.39 is 16.7 Å². The highest BCUT2D eigenvalue weighted by Crippen LogP contribution is 2.41. The lowest BCUT2D eigenvalue weighted by Crippen LogP contribution is -2.17. The zero-order valence-corrected chi connectivity index (χ0v) is 15.1. The molecule has 0 fully saturated rings. The fraction of sp³-hybridized carbons (Fsp3) is 0.0476. The third kappa shape index (κ3) is 3.16. The van der Waals surface area contributed by atoms with E-state index in [4.69, 9.17) is 11.5 Å². The molecule has 3 aromatic carbocycles. The number of nitrogens with two attached hydrogens (primary N) is 2. The van der Waals surface area contributed by atoms with Crippen molar-refractivity contribution >= 4 is 28.9 Å². The molecular formula is C21H16N4O4. The first kappa shape index (κ1) is 18.2. The molecule has 3 aromatic rings. The maximum atomic E-state index is 12.1. The number of carbonyl (C=O) groups excluding carboxylic acids is 2. The van der Waals surface area contributed by atoms with E-state index in [0.29, 0.717) is 28.7 Å². The highest BCUT2D eigenvalue weighted by atomic mass is 16.6. The Labute approximate surface area is 165 Å². The number of anilines is 2. The molecule has 1 aliphatic heterocycles.